The number of hydrogen-bond acceptors (Lipinski definition) is 4. The van der Waals surface area contributed by atoms with Crippen LogP contribution in [0.4, 0.5) is 0 Å². The van der Waals surface area contributed by atoms with E-state index in [0.717, 1.165) is 4.47 Å². The van der Waals surface area contributed by atoms with Gasteiger partial charge in [0.25, 0.3) is 5.56 Å². The lowest BCUT2D eigenvalue weighted by molar-refractivity contribution is 0.0727. The van der Waals surface area contributed by atoms with Gasteiger partial charge in [-0.25, -0.2) is 4.79 Å². The first-order valence-corrected chi connectivity index (χ1v) is 9.88. The van der Waals surface area contributed by atoms with Crippen molar-refractivity contribution >= 4 is 44.3 Å². The largest absolute Gasteiger partial charge is 0.420 e. The summed E-state index contributed by atoms with van der Waals surface area (Å²) in [5.74, 6) is -0.443. The first kappa shape index (κ1) is 19.4. The molecule has 0 bridgehead atoms. The Kier molecular flexibility index (Phi) is 5.22. The SMILES string of the molecule is Cc1cc(Br)cc(Cl)c1OC(=O)c1nn(-c2ccccc2)c(=O)c2ccccc12. The summed E-state index contributed by atoms with van der Waals surface area (Å²) in [7, 11) is 0. The molecule has 0 aliphatic heterocycles. The van der Waals surface area contributed by atoms with Gasteiger partial charge in [0.05, 0.1) is 16.1 Å². The molecule has 4 aromatic rings. The lowest BCUT2D eigenvalue weighted by atomic mass is 10.1. The van der Waals surface area contributed by atoms with Crippen molar-refractivity contribution in [2.75, 3.05) is 0 Å². The van der Waals surface area contributed by atoms with Gasteiger partial charge in [0.2, 0.25) is 0 Å². The minimum atomic E-state index is -0.696. The Hall–Kier alpha value is -2.96. The molecule has 144 valence electrons. The maximum absolute atomic E-state index is 13.0. The van der Waals surface area contributed by atoms with Crippen LogP contribution >= 0.6 is 27.5 Å². The summed E-state index contributed by atoms with van der Waals surface area (Å²) in [6, 6.07) is 19.2. The van der Waals surface area contributed by atoms with E-state index < -0.39 is 5.97 Å². The molecule has 0 saturated heterocycles. The van der Waals surface area contributed by atoms with E-state index in [9.17, 15) is 9.59 Å². The molecular weight excluding hydrogens is 456 g/mol. The highest BCUT2D eigenvalue weighted by Crippen LogP contribution is 2.32. The van der Waals surface area contributed by atoms with Crippen molar-refractivity contribution in [3.63, 3.8) is 0 Å². The van der Waals surface area contributed by atoms with E-state index in [0.29, 0.717) is 27.0 Å². The topological polar surface area (TPSA) is 61.2 Å². The second kappa shape index (κ2) is 7.81. The second-order valence-corrected chi connectivity index (χ2v) is 7.69. The standard InChI is InChI=1S/C22H14BrClN2O3/c1-13-11-14(23)12-18(24)20(13)29-22(28)19-16-9-5-6-10-17(16)21(27)26(25-19)15-7-3-2-4-8-15/h2-12H,1H3. The van der Waals surface area contributed by atoms with Crippen LogP contribution in [0, 0.1) is 6.92 Å². The van der Waals surface area contributed by atoms with E-state index in [1.807, 2.05) is 6.07 Å². The molecule has 5 nitrogen and oxygen atoms in total. The number of rotatable bonds is 3. The van der Waals surface area contributed by atoms with Gasteiger partial charge in [0, 0.05) is 9.86 Å². The summed E-state index contributed by atoms with van der Waals surface area (Å²) in [5, 5.41) is 5.41. The van der Waals surface area contributed by atoms with Crippen LogP contribution in [0.3, 0.4) is 0 Å². The molecule has 0 N–H and O–H groups in total. The van der Waals surface area contributed by atoms with Crippen molar-refractivity contribution in [1.29, 1.82) is 0 Å². The fourth-order valence-electron chi connectivity index (χ4n) is 3.04. The van der Waals surface area contributed by atoms with E-state index in [4.69, 9.17) is 16.3 Å². The number of nitrogens with zero attached hydrogens (tertiary/aromatic N) is 2. The van der Waals surface area contributed by atoms with E-state index in [2.05, 4.69) is 21.0 Å². The highest BCUT2D eigenvalue weighted by Gasteiger charge is 2.21. The van der Waals surface area contributed by atoms with Crippen LogP contribution in [0.15, 0.2) is 76.0 Å². The summed E-state index contributed by atoms with van der Waals surface area (Å²) in [6.07, 6.45) is 0. The third-order valence-electron chi connectivity index (χ3n) is 4.39. The summed E-state index contributed by atoms with van der Waals surface area (Å²) >= 11 is 9.61. The summed E-state index contributed by atoms with van der Waals surface area (Å²) in [6.45, 7) is 1.79. The van der Waals surface area contributed by atoms with Gasteiger partial charge in [-0.2, -0.15) is 9.78 Å². The van der Waals surface area contributed by atoms with Crippen LogP contribution in [-0.4, -0.2) is 15.7 Å². The second-order valence-electron chi connectivity index (χ2n) is 6.37. The molecule has 0 aliphatic carbocycles. The zero-order valence-corrected chi connectivity index (χ0v) is 17.6. The number of benzene rings is 3. The van der Waals surface area contributed by atoms with Crippen LogP contribution in [0.2, 0.25) is 5.02 Å². The normalized spacial score (nSPS) is 10.9. The molecule has 3 aromatic carbocycles. The Labute approximate surface area is 179 Å². The first-order valence-electron chi connectivity index (χ1n) is 8.71. The molecule has 29 heavy (non-hydrogen) atoms. The molecule has 4 rings (SSSR count). The average Bonchev–Trinajstić information content (AvgIpc) is 2.71. The fraction of sp³-hybridized carbons (Fsp3) is 0.0455. The van der Waals surface area contributed by atoms with Crippen molar-refractivity contribution in [2.24, 2.45) is 0 Å². The van der Waals surface area contributed by atoms with Gasteiger partial charge in [-0.05, 0) is 42.8 Å². The van der Waals surface area contributed by atoms with Crippen molar-refractivity contribution in [1.82, 2.24) is 9.78 Å². The number of hydrogen-bond donors (Lipinski definition) is 0. The summed E-state index contributed by atoms with van der Waals surface area (Å²) in [5.41, 5.74) is 0.956. The number of esters is 1. The molecule has 7 heteroatoms. The summed E-state index contributed by atoms with van der Waals surface area (Å²) < 4.78 is 7.57. The molecule has 1 heterocycles. The van der Waals surface area contributed by atoms with E-state index in [1.165, 1.54) is 4.68 Å². The van der Waals surface area contributed by atoms with Gasteiger partial charge in [0.15, 0.2) is 11.4 Å². The van der Waals surface area contributed by atoms with Gasteiger partial charge in [-0.1, -0.05) is 63.9 Å². The fourth-order valence-corrected chi connectivity index (χ4v) is 4.05. The number of carbonyl (C=O) groups is 1. The molecule has 0 aliphatic rings. The van der Waals surface area contributed by atoms with Crippen LogP contribution in [-0.2, 0) is 0 Å². The van der Waals surface area contributed by atoms with Crippen LogP contribution in [0.5, 0.6) is 5.75 Å². The Morgan fingerprint density at radius 3 is 2.38 bits per heavy atom. The predicted octanol–water partition coefficient (Wildman–Crippen LogP) is 5.33. The van der Waals surface area contributed by atoms with Gasteiger partial charge in [0.1, 0.15) is 0 Å². The summed E-state index contributed by atoms with van der Waals surface area (Å²) in [4.78, 5) is 26.0. The van der Waals surface area contributed by atoms with Gasteiger partial charge < -0.3 is 4.74 Å². The number of fused-ring (bicyclic) bond motifs is 1. The lowest BCUT2D eigenvalue weighted by Gasteiger charge is -2.13. The number of carbonyl (C=O) groups excluding carboxylic acids is 1. The smallest absolute Gasteiger partial charge is 0.364 e. The van der Waals surface area contributed by atoms with Crippen molar-refractivity contribution in [2.45, 2.75) is 6.92 Å². The molecule has 0 spiro atoms. The molecule has 0 fully saturated rings. The molecule has 0 radical (unpaired) electrons. The van der Waals surface area contributed by atoms with E-state index >= 15 is 0 Å². The predicted molar refractivity (Wildman–Crippen MR) is 116 cm³/mol. The number of halogens is 2. The molecule has 0 amide bonds. The minimum absolute atomic E-state index is 0.0300. The Morgan fingerprint density at radius 1 is 1.03 bits per heavy atom. The number of para-hydroxylation sites is 1. The van der Waals surface area contributed by atoms with Gasteiger partial charge in [-0.15, -0.1) is 0 Å². The highest BCUT2D eigenvalue weighted by molar-refractivity contribution is 9.10. The molecule has 1 aromatic heterocycles. The number of ether oxygens (including phenoxy) is 1. The van der Waals surface area contributed by atoms with Crippen molar-refractivity contribution in [3.8, 4) is 11.4 Å². The molecule has 0 unspecified atom stereocenters. The lowest BCUT2D eigenvalue weighted by Crippen LogP contribution is -2.26. The average molecular weight is 470 g/mol. The Bertz CT molecular complexity index is 1280. The molecule has 0 atom stereocenters. The highest BCUT2D eigenvalue weighted by atomic mass is 79.9. The van der Waals surface area contributed by atoms with E-state index in [-0.39, 0.29) is 17.0 Å². The number of aromatic nitrogens is 2. The van der Waals surface area contributed by atoms with Gasteiger partial charge >= 0.3 is 5.97 Å². The van der Waals surface area contributed by atoms with Crippen molar-refractivity contribution in [3.05, 3.63) is 97.8 Å². The van der Waals surface area contributed by atoms with Crippen LogP contribution in [0.1, 0.15) is 16.1 Å². The van der Waals surface area contributed by atoms with Crippen LogP contribution < -0.4 is 10.3 Å². The van der Waals surface area contributed by atoms with Crippen LogP contribution in [0.25, 0.3) is 16.5 Å². The van der Waals surface area contributed by atoms with Crippen molar-refractivity contribution < 1.29 is 9.53 Å². The van der Waals surface area contributed by atoms with Gasteiger partial charge in [-0.3, -0.25) is 4.79 Å². The zero-order chi connectivity index (χ0) is 20.5. The Morgan fingerprint density at radius 2 is 1.69 bits per heavy atom. The maximum atomic E-state index is 13.0. The Balaban J connectivity index is 1.88. The minimum Gasteiger partial charge on any atom is -0.420 e. The molecular formula is C22H14BrClN2O3. The first-order chi connectivity index (χ1) is 14.0. The number of aryl methyl sites for hydroxylation is 1. The molecule has 0 saturated carbocycles. The van der Waals surface area contributed by atoms with E-state index in [1.54, 1.807) is 67.6 Å². The third kappa shape index (κ3) is 3.69. The third-order valence-corrected chi connectivity index (χ3v) is 5.13. The zero-order valence-electron chi connectivity index (χ0n) is 15.2. The quantitative estimate of drug-likeness (QED) is 0.301. The monoisotopic (exact) mass is 468 g/mol. The maximum Gasteiger partial charge on any atom is 0.364 e.